The second kappa shape index (κ2) is 11.9. The van der Waals surface area contributed by atoms with Crippen LogP contribution in [0.15, 0.2) is 182 Å². The normalized spacial score (nSPS) is 14.1. The fourth-order valence-electron chi connectivity index (χ4n) is 11.4. The molecule has 13 rings (SSSR count). The quantitative estimate of drug-likeness (QED) is 0.167. The van der Waals surface area contributed by atoms with E-state index < -0.39 is 5.41 Å². The molecule has 3 aliphatic heterocycles. The summed E-state index contributed by atoms with van der Waals surface area (Å²) in [4.78, 5) is 8.20. The third-order valence-electron chi connectivity index (χ3n) is 13.7. The van der Waals surface area contributed by atoms with Crippen molar-refractivity contribution in [1.82, 2.24) is 9.55 Å². The average Bonchev–Trinajstić information content (AvgIpc) is 3.66. The lowest BCUT2D eigenvalue weighted by Gasteiger charge is -2.52. The summed E-state index contributed by atoms with van der Waals surface area (Å²) in [5, 5.41) is 3.86. The first-order chi connectivity index (χ1) is 29.2. The van der Waals surface area contributed by atoms with E-state index in [0.717, 1.165) is 23.2 Å². The highest BCUT2D eigenvalue weighted by atomic mass is 15.1. The second-order valence-corrected chi connectivity index (χ2v) is 16.5. The number of nitrogens with zero attached hydrogens (tertiary/aromatic N) is 3. The fraction of sp³-hybridized carbons (Fsp3) is 0.0727. The van der Waals surface area contributed by atoms with Crippen LogP contribution < -0.4 is 15.7 Å². The molecule has 4 heteroatoms. The van der Waals surface area contributed by atoms with Crippen LogP contribution in [0.4, 0.5) is 11.4 Å². The third-order valence-corrected chi connectivity index (χ3v) is 13.7. The molecule has 8 aromatic carbocycles. The number of para-hydroxylation sites is 3. The Kier molecular flexibility index (Phi) is 6.65. The largest absolute Gasteiger partial charge is 0.376 e. The first kappa shape index (κ1) is 32.9. The summed E-state index contributed by atoms with van der Waals surface area (Å²) in [6.07, 6.45) is 0.917. The van der Waals surface area contributed by atoms with Gasteiger partial charge in [0.1, 0.15) is 0 Å². The topological polar surface area (TPSA) is 21.1 Å². The number of hydrogen-bond acceptors (Lipinski definition) is 2. The molecule has 0 N–H and O–H groups in total. The number of rotatable bonds is 4. The second-order valence-electron chi connectivity index (χ2n) is 16.5. The van der Waals surface area contributed by atoms with Crippen molar-refractivity contribution in [3.05, 3.63) is 215 Å². The molecule has 0 saturated carbocycles. The van der Waals surface area contributed by atoms with Gasteiger partial charge in [0.2, 0.25) is 0 Å². The van der Waals surface area contributed by atoms with Crippen molar-refractivity contribution in [3.8, 4) is 28.1 Å². The number of benzene rings is 8. The molecular formula is C55H38BN3. The molecule has 3 aliphatic rings. The van der Waals surface area contributed by atoms with Crippen molar-refractivity contribution >= 4 is 61.9 Å². The molecule has 0 bridgehead atoms. The Bertz CT molecular complexity index is 3350. The van der Waals surface area contributed by atoms with E-state index in [-0.39, 0.29) is 6.85 Å². The van der Waals surface area contributed by atoms with E-state index in [4.69, 9.17) is 4.98 Å². The van der Waals surface area contributed by atoms with Gasteiger partial charge in [0, 0.05) is 44.3 Å². The first-order valence-electron chi connectivity index (χ1n) is 20.9. The molecule has 0 atom stereocenters. The standard InChI is InChI=1S/C55H38BN3/c1-3-35-31-46(36-18-7-4-8-19-36)57-47-33-45-50(32-41(35)47)58-48-28-15-13-24-40(48)51-34(2)30-42-39-25-17-27-44-53(39)59(56(45)52(42)54(51)58)49-29-16-14-26-43(49)55(44,37-20-9-5-10-21-37)38-22-11-6-12-23-38/h4-33H,3H2,1-2H3. The number of hydrogen-bond donors (Lipinski definition) is 0. The van der Waals surface area contributed by atoms with Gasteiger partial charge >= 0.3 is 6.85 Å². The van der Waals surface area contributed by atoms with Gasteiger partial charge in [-0.25, -0.2) is 4.98 Å². The molecule has 0 unspecified atom stereocenters. The van der Waals surface area contributed by atoms with Crippen LogP contribution in [0.2, 0.25) is 0 Å². The lowest BCUT2D eigenvalue weighted by atomic mass is 9.42. The minimum absolute atomic E-state index is 0.101. The zero-order chi connectivity index (χ0) is 39.0. The van der Waals surface area contributed by atoms with E-state index >= 15 is 0 Å². The Morgan fingerprint density at radius 3 is 2.03 bits per heavy atom. The molecule has 0 aliphatic carbocycles. The van der Waals surface area contributed by atoms with Crippen molar-refractivity contribution in [1.29, 1.82) is 0 Å². The van der Waals surface area contributed by atoms with E-state index in [2.05, 4.69) is 205 Å². The molecule has 10 aromatic rings. The molecule has 3 nitrogen and oxygen atoms in total. The predicted molar refractivity (Wildman–Crippen MR) is 247 cm³/mol. The van der Waals surface area contributed by atoms with Crippen LogP contribution in [0.1, 0.15) is 40.3 Å². The van der Waals surface area contributed by atoms with Gasteiger partial charge in [-0.3, -0.25) is 0 Å². The maximum absolute atomic E-state index is 5.49. The molecule has 0 saturated heterocycles. The molecule has 0 radical (unpaired) electrons. The van der Waals surface area contributed by atoms with Crippen LogP contribution >= 0.6 is 0 Å². The van der Waals surface area contributed by atoms with E-state index in [1.807, 2.05) is 0 Å². The smallest absolute Gasteiger partial charge is 0.333 e. The Balaban J connectivity index is 1.22. The first-order valence-corrected chi connectivity index (χ1v) is 20.9. The minimum atomic E-state index is -0.546. The SMILES string of the molecule is CCc1cc(-c2ccccc2)nc2cc3c(cc12)-n1c2ccccc2c2c(C)cc4c(c21)B3N1c2ccccc2C(c2ccccc2)(c2ccccc2)c2cccc-4c21. The van der Waals surface area contributed by atoms with Crippen molar-refractivity contribution in [2.24, 2.45) is 0 Å². The summed E-state index contributed by atoms with van der Waals surface area (Å²) >= 11 is 0. The predicted octanol–water partition coefficient (Wildman–Crippen LogP) is 11.8. The summed E-state index contributed by atoms with van der Waals surface area (Å²) in [6.45, 7) is 4.49. The molecule has 0 amide bonds. The molecule has 5 heterocycles. The Morgan fingerprint density at radius 2 is 1.27 bits per heavy atom. The maximum Gasteiger partial charge on any atom is 0.333 e. The van der Waals surface area contributed by atoms with Gasteiger partial charge in [-0.1, -0.05) is 159 Å². The van der Waals surface area contributed by atoms with Crippen LogP contribution in [-0.2, 0) is 11.8 Å². The molecular weight excluding hydrogens is 713 g/mol. The van der Waals surface area contributed by atoms with E-state index in [1.54, 1.807) is 0 Å². The summed E-state index contributed by atoms with van der Waals surface area (Å²) in [7, 11) is 0. The summed E-state index contributed by atoms with van der Waals surface area (Å²) < 4.78 is 2.59. The maximum atomic E-state index is 5.49. The lowest BCUT2D eigenvalue weighted by Crippen LogP contribution is -2.62. The average molecular weight is 752 g/mol. The number of aryl methyl sites for hydroxylation is 2. The number of aromatic nitrogens is 2. The fourth-order valence-corrected chi connectivity index (χ4v) is 11.4. The highest BCUT2D eigenvalue weighted by Crippen LogP contribution is 2.60. The van der Waals surface area contributed by atoms with Gasteiger partial charge in [0.25, 0.3) is 0 Å². The van der Waals surface area contributed by atoms with Gasteiger partial charge < -0.3 is 9.38 Å². The van der Waals surface area contributed by atoms with Gasteiger partial charge in [-0.2, -0.15) is 0 Å². The van der Waals surface area contributed by atoms with Crippen molar-refractivity contribution < 1.29 is 0 Å². The van der Waals surface area contributed by atoms with E-state index in [1.165, 1.54) is 99.7 Å². The summed E-state index contributed by atoms with van der Waals surface area (Å²) in [5.41, 5.74) is 22.0. The van der Waals surface area contributed by atoms with Gasteiger partial charge in [0.05, 0.1) is 27.7 Å². The van der Waals surface area contributed by atoms with Crippen LogP contribution in [-0.4, -0.2) is 16.4 Å². The Labute approximate surface area is 344 Å². The number of pyridine rings is 1. The van der Waals surface area contributed by atoms with Crippen LogP contribution in [0.25, 0.3) is 60.8 Å². The zero-order valence-corrected chi connectivity index (χ0v) is 32.9. The van der Waals surface area contributed by atoms with Gasteiger partial charge in [-0.15, -0.1) is 0 Å². The van der Waals surface area contributed by atoms with Gasteiger partial charge in [-0.05, 0) is 93.5 Å². The van der Waals surface area contributed by atoms with Crippen LogP contribution in [0.5, 0.6) is 0 Å². The molecule has 59 heavy (non-hydrogen) atoms. The van der Waals surface area contributed by atoms with Crippen LogP contribution in [0.3, 0.4) is 0 Å². The molecule has 276 valence electrons. The zero-order valence-electron chi connectivity index (χ0n) is 32.9. The van der Waals surface area contributed by atoms with E-state index in [0.29, 0.717) is 0 Å². The summed E-state index contributed by atoms with van der Waals surface area (Å²) in [6, 6.07) is 68.0. The molecule has 0 fully saturated rings. The summed E-state index contributed by atoms with van der Waals surface area (Å²) in [5.74, 6) is 0. The Morgan fingerprint density at radius 1 is 0.593 bits per heavy atom. The van der Waals surface area contributed by atoms with E-state index in [9.17, 15) is 0 Å². The monoisotopic (exact) mass is 751 g/mol. The Hall–Kier alpha value is -7.17. The number of anilines is 2. The highest BCUT2D eigenvalue weighted by molar-refractivity contribution is 6.94. The minimum Gasteiger partial charge on any atom is -0.376 e. The highest BCUT2D eigenvalue weighted by Gasteiger charge is 2.53. The van der Waals surface area contributed by atoms with Crippen molar-refractivity contribution in [2.75, 3.05) is 4.81 Å². The van der Waals surface area contributed by atoms with Crippen LogP contribution in [0, 0.1) is 6.92 Å². The molecule has 2 aromatic heterocycles. The number of fused-ring (bicyclic) bond motifs is 11. The van der Waals surface area contributed by atoms with Gasteiger partial charge in [0.15, 0.2) is 0 Å². The lowest BCUT2D eigenvalue weighted by molar-refractivity contribution is 0.734. The van der Waals surface area contributed by atoms with Crippen molar-refractivity contribution in [3.63, 3.8) is 0 Å². The van der Waals surface area contributed by atoms with Crippen molar-refractivity contribution in [2.45, 2.75) is 25.7 Å². The molecule has 0 spiro atoms. The third kappa shape index (κ3) is 4.15.